The molecule has 1 fully saturated rings. The lowest BCUT2D eigenvalue weighted by Crippen LogP contribution is -2.51. The number of hydrogen-bond acceptors (Lipinski definition) is 6. The van der Waals surface area contributed by atoms with Gasteiger partial charge in [0.2, 0.25) is 11.9 Å². The molecule has 1 saturated heterocycles. The molecule has 20 heavy (non-hydrogen) atoms. The molecule has 1 aliphatic rings. The summed E-state index contributed by atoms with van der Waals surface area (Å²) in [6.45, 7) is 6.90. The van der Waals surface area contributed by atoms with E-state index in [4.69, 9.17) is 5.73 Å². The average Bonchev–Trinajstić information content (AvgIpc) is 2.71. The topological polar surface area (TPSA) is 84.4 Å². The Morgan fingerprint density at radius 3 is 2.80 bits per heavy atom. The Balaban J connectivity index is 0.000001000. The van der Waals surface area contributed by atoms with E-state index in [2.05, 4.69) is 32.2 Å². The SMILES string of the molecule is Cc1cnn2c(N3CCNC[C@@H]3C)nc(N)nc12.Cl.Cl. The van der Waals surface area contributed by atoms with E-state index in [1.54, 1.807) is 10.7 Å². The maximum Gasteiger partial charge on any atom is 0.232 e. The van der Waals surface area contributed by atoms with Crippen LogP contribution in [0.2, 0.25) is 0 Å². The number of nitrogens with one attached hydrogen (secondary N) is 1. The minimum atomic E-state index is 0. The minimum Gasteiger partial charge on any atom is -0.368 e. The van der Waals surface area contributed by atoms with E-state index in [1.165, 1.54) is 0 Å². The van der Waals surface area contributed by atoms with Crippen LogP contribution in [0.4, 0.5) is 11.9 Å². The van der Waals surface area contributed by atoms with Crippen molar-refractivity contribution in [2.45, 2.75) is 19.9 Å². The molecule has 3 rings (SSSR count). The second kappa shape index (κ2) is 6.43. The third kappa shape index (κ3) is 2.74. The van der Waals surface area contributed by atoms with Crippen molar-refractivity contribution in [3.05, 3.63) is 11.8 Å². The number of aryl methyl sites for hydroxylation is 1. The molecule has 0 amide bonds. The first-order chi connectivity index (χ1) is 8.66. The van der Waals surface area contributed by atoms with Crippen LogP contribution in [-0.4, -0.2) is 45.3 Å². The number of nitrogens with zero attached hydrogens (tertiary/aromatic N) is 5. The molecular formula is C11H19Cl2N7. The van der Waals surface area contributed by atoms with Crippen molar-refractivity contribution in [1.29, 1.82) is 0 Å². The highest BCUT2D eigenvalue weighted by Gasteiger charge is 2.23. The summed E-state index contributed by atoms with van der Waals surface area (Å²) in [5.41, 5.74) is 7.59. The zero-order valence-electron chi connectivity index (χ0n) is 11.4. The van der Waals surface area contributed by atoms with E-state index in [0.717, 1.165) is 36.8 Å². The Labute approximate surface area is 129 Å². The predicted octanol–water partition coefficient (Wildman–Crippen LogP) is 0.657. The van der Waals surface area contributed by atoms with Gasteiger partial charge in [0.15, 0.2) is 5.65 Å². The summed E-state index contributed by atoms with van der Waals surface area (Å²) in [5.74, 6) is 1.08. The zero-order valence-corrected chi connectivity index (χ0v) is 13.0. The molecular weight excluding hydrogens is 301 g/mol. The van der Waals surface area contributed by atoms with Crippen molar-refractivity contribution in [1.82, 2.24) is 24.9 Å². The molecule has 0 bridgehead atoms. The highest BCUT2D eigenvalue weighted by molar-refractivity contribution is 5.85. The van der Waals surface area contributed by atoms with Crippen LogP contribution in [0.5, 0.6) is 0 Å². The Hall–Kier alpha value is -1.31. The van der Waals surface area contributed by atoms with E-state index < -0.39 is 0 Å². The van der Waals surface area contributed by atoms with Gasteiger partial charge in [-0.05, 0) is 13.8 Å². The van der Waals surface area contributed by atoms with E-state index >= 15 is 0 Å². The first kappa shape index (κ1) is 16.7. The van der Waals surface area contributed by atoms with Gasteiger partial charge in [0, 0.05) is 31.2 Å². The summed E-state index contributed by atoms with van der Waals surface area (Å²) >= 11 is 0. The first-order valence-electron chi connectivity index (χ1n) is 6.12. The third-order valence-electron chi connectivity index (χ3n) is 3.30. The van der Waals surface area contributed by atoms with Gasteiger partial charge < -0.3 is 16.0 Å². The number of rotatable bonds is 1. The van der Waals surface area contributed by atoms with Crippen molar-refractivity contribution < 1.29 is 0 Å². The summed E-state index contributed by atoms with van der Waals surface area (Å²) in [6, 6.07) is 0.362. The molecule has 0 aliphatic carbocycles. The van der Waals surface area contributed by atoms with E-state index in [1.807, 2.05) is 6.92 Å². The molecule has 9 heteroatoms. The second-order valence-corrected chi connectivity index (χ2v) is 4.69. The summed E-state index contributed by atoms with van der Waals surface area (Å²) in [7, 11) is 0. The molecule has 0 spiro atoms. The molecule has 2 aromatic heterocycles. The number of nitrogens with two attached hydrogens (primary N) is 1. The third-order valence-corrected chi connectivity index (χ3v) is 3.30. The van der Waals surface area contributed by atoms with E-state index in [9.17, 15) is 0 Å². The molecule has 1 atom stereocenters. The van der Waals surface area contributed by atoms with Crippen LogP contribution >= 0.6 is 24.8 Å². The van der Waals surface area contributed by atoms with Crippen LogP contribution in [0.1, 0.15) is 12.5 Å². The molecule has 0 aromatic carbocycles. The van der Waals surface area contributed by atoms with Crippen molar-refractivity contribution in [2.24, 2.45) is 0 Å². The van der Waals surface area contributed by atoms with Crippen LogP contribution < -0.4 is 16.0 Å². The Kier molecular flexibility index (Phi) is 5.38. The summed E-state index contributed by atoms with van der Waals surface area (Å²) in [4.78, 5) is 10.8. The van der Waals surface area contributed by atoms with Crippen LogP contribution in [0.3, 0.4) is 0 Å². The van der Waals surface area contributed by atoms with Gasteiger partial charge in [0.05, 0.1) is 6.20 Å². The number of halogens is 2. The molecule has 3 N–H and O–H groups in total. The van der Waals surface area contributed by atoms with Gasteiger partial charge in [0.1, 0.15) is 0 Å². The zero-order chi connectivity index (χ0) is 12.7. The molecule has 0 radical (unpaired) electrons. The standard InChI is InChI=1S/C11H17N7.2ClH/c1-7-5-14-18-9(7)15-10(12)16-11(18)17-4-3-13-6-8(17)2;;/h5,8,13H,3-4,6H2,1-2H3,(H2,12,15);2*1H/t8-;;/m0../s1. The largest absolute Gasteiger partial charge is 0.368 e. The van der Waals surface area contributed by atoms with Gasteiger partial charge in [-0.15, -0.1) is 24.8 Å². The van der Waals surface area contributed by atoms with Gasteiger partial charge in [-0.25, -0.2) is 0 Å². The smallest absolute Gasteiger partial charge is 0.232 e. The number of aromatic nitrogens is 4. The number of anilines is 2. The normalized spacial score (nSPS) is 18.5. The van der Waals surface area contributed by atoms with E-state index in [-0.39, 0.29) is 24.8 Å². The fraction of sp³-hybridized carbons (Fsp3) is 0.545. The monoisotopic (exact) mass is 319 g/mol. The lowest BCUT2D eigenvalue weighted by molar-refractivity contribution is 0.488. The Morgan fingerprint density at radius 1 is 1.35 bits per heavy atom. The maximum absolute atomic E-state index is 5.80. The van der Waals surface area contributed by atoms with Crippen LogP contribution in [0.15, 0.2) is 6.20 Å². The second-order valence-electron chi connectivity index (χ2n) is 4.69. The van der Waals surface area contributed by atoms with Crippen molar-refractivity contribution >= 4 is 42.4 Å². The van der Waals surface area contributed by atoms with Crippen molar-refractivity contribution in [3.8, 4) is 0 Å². The molecule has 112 valence electrons. The average molecular weight is 320 g/mol. The van der Waals surface area contributed by atoms with Crippen LogP contribution in [-0.2, 0) is 0 Å². The van der Waals surface area contributed by atoms with Gasteiger partial charge in [0.25, 0.3) is 0 Å². The fourth-order valence-corrected chi connectivity index (χ4v) is 2.31. The maximum atomic E-state index is 5.80. The van der Waals surface area contributed by atoms with Gasteiger partial charge >= 0.3 is 0 Å². The number of piperazine rings is 1. The molecule has 0 saturated carbocycles. The summed E-state index contributed by atoms with van der Waals surface area (Å²) in [5, 5.41) is 7.70. The highest BCUT2D eigenvalue weighted by Crippen LogP contribution is 2.19. The molecule has 2 aromatic rings. The Bertz CT molecular complexity index is 585. The highest BCUT2D eigenvalue weighted by atomic mass is 35.5. The predicted molar refractivity (Wildman–Crippen MR) is 84.1 cm³/mol. The molecule has 3 heterocycles. The van der Waals surface area contributed by atoms with E-state index in [0.29, 0.717) is 12.0 Å². The summed E-state index contributed by atoms with van der Waals surface area (Å²) < 4.78 is 1.77. The quantitative estimate of drug-likeness (QED) is 0.803. The lowest BCUT2D eigenvalue weighted by Gasteiger charge is -2.34. The van der Waals surface area contributed by atoms with Crippen molar-refractivity contribution in [2.75, 3.05) is 30.3 Å². The summed E-state index contributed by atoms with van der Waals surface area (Å²) in [6.07, 6.45) is 1.79. The first-order valence-corrected chi connectivity index (χ1v) is 6.12. The van der Waals surface area contributed by atoms with Crippen LogP contribution in [0, 0.1) is 6.92 Å². The van der Waals surface area contributed by atoms with Crippen LogP contribution in [0.25, 0.3) is 5.65 Å². The molecule has 1 aliphatic heterocycles. The van der Waals surface area contributed by atoms with Gasteiger partial charge in [-0.1, -0.05) is 0 Å². The lowest BCUT2D eigenvalue weighted by atomic mass is 10.2. The minimum absolute atomic E-state index is 0. The Morgan fingerprint density at radius 2 is 2.10 bits per heavy atom. The number of hydrogen-bond donors (Lipinski definition) is 2. The molecule has 7 nitrogen and oxygen atoms in total. The van der Waals surface area contributed by atoms with Crippen molar-refractivity contribution in [3.63, 3.8) is 0 Å². The van der Waals surface area contributed by atoms with Gasteiger partial charge in [-0.2, -0.15) is 19.6 Å². The van der Waals surface area contributed by atoms with Gasteiger partial charge in [-0.3, -0.25) is 0 Å². The molecule has 0 unspecified atom stereocenters. The fourth-order valence-electron chi connectivity index (χ4n) is 2.31. The number of nitrogen functional groups attached to an aromatic ring is 1. The number of fused-ring (bicyclic) bond motifs is 1.